The van der Waals surface area contributed by atoms with Gasteiger partial charge in [0.05, 0.1) is 6.42 Å². The molecule has 0 heterocycles. The van der Waals surface area contributed by atoms with Crippen LogP contribution in [0.15, 0.2) is 54.1 Å². The minimum absolute atomic E-state index is 0.0453. The third kappa shape index (κ3) is 2.53. The van der Waals surface area contributed by atoms with Crippen molar-refractivity contribution in [2.24, 2.45) is 0 Å². The van der Waals surface area contributed by atoms with Crippen LogP contribution in [0, 0.1) is 0 Å². The van der Waals surface area contributed by atoms with E-state index >= 15 is 0 Å². The molecule has 0 bridgehead atoms. The molecule has 2 nitrogen and oxygen atoms in total. The van der Waals surface area contributed by atoms with Crippen LogP contribution in [0.25, 0.3) is 5.57 Å². The molecular formula is C17H18O2. The summed E-state index contributed by atoms with van der Waals surface area (Å²) in [4.78, 5) is 11.1. The van der Waals surface area contributed by atoms with Crippen molar-refractivity contribution in [2.75, 3.05) is 0 Å². The van der Waals surface area contributed by atoms with E-state index in [9.17, 15) is 4.79 Å². The molecule has 0 fully saturated rings. The summed E-state index contributed by atoms with van der Waals surface area (Å²) in [6, 6.07) is 8.07. The number of benzene rings is 1. The van der Waals surface area contributed by atoms with Crippen LogP contribution >= 0.6 is 0 Å². The quantitative estimate of drug-likeness (QED) is 0.875. The maximum atomic E-state index is 11.1. The van der Waals surface area contributed by atoms with Gasteiger partial charge in [-0.2, -0.15) is 0 Å². The molecule has 0 aliphatic heterocycles. The highest BCUT2D eigenvalue weighted by atomic mass is 16.4. The normalized spacial score (nSPS) is 18.5. The predicted octanol–water partition coefficient (Wildman–Crippen LogP) is 4.16. The number of aliphatic carboxylic acids is 1. The fourth-order valence-electron chi connectivity index (χ4n) is 2.69. The van der Waals surface area contributed by atoms with E-state index in [4.69, 9.17) is 5.11 Å². The van der Waals surface area contributed by atoms with Gasteiger partial charge in [0.1, 0.15) is 0 Å². The molecule has 1 aromatic rings. The number of fused-ring (bicyclic) bond motifs is 1. The molecule has 1 aliphatic carbocycles. The molecule has 98 valence electrons. The Bertz CT molecular complexity index is 577. The van der Waals surface area contributed by atoms with Crippen molar-refractivity contribution >= 4 is 11.5 Å². The number of carboxylic acid groups (broad SMARTS) is 1. The van der Waals surface area contributed by atoms with Gasteiger partial charge in [0.15, 0.2) is 0 Å². The average Bonchev–Trinajstić information content (AvgIpc) is 2.66. The Labute approximate surface area is 113 Å². The third-order valence-corrected chi connectivity index (χ3v) is 3.37. The maximum Gasteiger partial charge on any atom is 0.304 e. The summed E-state index contributed by atoms with van der Waals surface area (Å²) in [5.41, 5.74) is 4.51. The summed E-state index contributed by atoms with van der Waals surface area (Å²) in [6.45, 7) is 3.94. The molecule has 1 aromatic carbocycles. The smallest absolute Gasteiger partial charge is 0.304 e. The molecular weight excluding hydrogens is 236 g/mol. The Morgan fingerprint density at radius 2 is 1.89 bits per heavy atom. The Kier molecular flexibility index (Phi) is 4.00. The van der Waals surface area contributed by atoms with Gasteiger partial charge in [-0.1, -0.05) is 48.6 Å². The van der Waals surface area contributed by atoms with Crippen molar-refractivity contribution in [3.05, 3.63) is 65.3 Å². The predicted molar refractivity (Wildman–Crippen MR) is 78.0 cm³/mol. The van der Waals surface area contributed by atoms with Crippen LogP contribution in [0.1, 0.15) is 37.3 Å². The van der Waals surface area contributed by atoms with Gasteiger partial charge in [-0.15, -0.1) is 0 Å². The first-order chi connectivity index (χ1) is 9.19. The maximum absolute atomic E-state index is 11.1. The van der Waals surface area contributed by atoms with E-state index in [0.29, 0.717) is 0 Å². The number of carbonyl (C=O) groups is 1. The molecule has 0 saturated heterocycles. The summed E-state index contributed by atoms with van der Waals surface area (Å²) in [6.07, 6.45) is 8.20. The Morgan fingerprint density at radius 1 is 1.21 bits per heavy atom. The lowest BCUT2D eigenvalue weighted by molar-refractivity contribution is -0.137. The lowest BCUT2D eigenvalue weighted by Crippen LogP contribution is -2.05. The Hall–Kier alpha value is -2.09. The van der Waals surface area contributed by atoms with Crippen molar-refractivity contribution in [1.82, 2.24) is 0 Å². The largest absolute Gasteiger partial charge is 0.481 e. The first kappa shape index (κ1) is 13.3. The van der Waals surface area contributed by atoms with E-state index in [1.165, 1.54) is 0 Å². The molecule has 1 N–H and O–H groups in total. The highest BCUT2D eigenvalue weighted by Gasteiger charge is 2.29. The van der Waals surface area contributed by atoms with E-state index in [1.54, 1.807) is 0 Å². The number of hydrogen-bond donors (Lipinski definition) is 1. The van der Waals surface area contributed by atoms with Gasteiger partial charge in [-0.3, -0.25) is 4.79 Å². The molecule has 2 heteroatoms. The minimum Gasteiger partial charge on any atom is -0.481 e. The van der Waals surface area contributed by atoms with Crippen LogP contribution in [-0.2, 0) is 4.79 Å². The minimum atomic E-state index is -0.761. The van der Waals surface area contributed by atoms with E-state index in [2.05, 4.69) is 12.1 Å². The van der Waals surface area contributed by atoms with Gasteiger partial charge >= 0.3 is 5.97 Å². The molecule has 1 aliphatic rings. The van der Waals surface area contributed by atoms with Crippen molar-refractivity contribution < 1.29 is 9.90 Å². The fraction of sp³-hybridized carbons (Fsp3) is 0.235. The SMILES string of the molecule is C/C=C\C1=C(/C=C\C)C(CC(=O)O)c2ccccc21. The van der Waals surface area contributed by atoms with Gasteiger partial charge in [-0.05, 0) is 36.1 Å². The van der Waals surface area contributed by atoms with Crippen molar-refractivity contribution in [1.29, 1.82) is 0 Å². The zero-order valence-corrected chi connectivity index (χ0v) is 11.3. The summed E-state index contributed by atoms with van der Waals surface area (Å²) in [5.74, 6) is -0.806. The van der Waals surface area contributed by atoms with E-state index in [-0.39, 0.29) is 12.3 Å². The molecule has 0 radical (unpaired) electrons. The Balaban J connectivity index is 2.60. The van der Waals surface area contributed by atoms with Crippen molar-refractivity contribution in [3.8, 4) is 0 Å². The van der Waals surface area contributed by atoms with E-state index in [0.717, 1.165) is 22.3 Å². The van der Waals surface area contributed by atoms with Gasteiger partial charge in [0.2, 0.25) is 0 Å². The van der Waals surface area contributed by atoms with Crippen LogP contribution in [0.3, 0.4) is 0 Å². The summed E-state index contributed by atoms with van der Waals surface area (Å²) in [5, 5.41) is 9.14. The lowest BCUT2D eigenvalue weighted by atomic mass is 9.92. The number of rotatable bonds is 4. The van der Waals surface area contributed by atoms with Gasteiger partial charge in [-0.25, -0.2) is 0 Å². The number of allylic oxidation sites excluding steroid dienone is 6. The topological polar surface area (TPSA) is 37.3 Å². The van der Waals surface area contributed by atoms with E-state index in [1.807, 2.05) is 50.3 Å². The molecule has 19 heavy (non-hydrogen) atoms. The third-order valence-electron chi connectivity index (χ3n) is 3.37. The van der Waals surface area contributed by atoms with E-state index < -0.39 is 5.97 Å². The zero-order chi connectivity index (χ0) is 13.8. The molecule has 1 atom stereocenters. The summed E-state index contributed by atoms with van der Waals surface area (Å²) >= 11 is 0. The highest BCUT2D eigenvalue weighted by Crippen LogP contribution is 2.44. The average molecular weight is 254 g/mol. The Morgan fingerprint density at radius 3 is 2.53 bits per heavy atom. The van der Waals surface area contributed by atoms with Crippen LogP contribution in [0.4, 0.5) is 0 Å². The van der Waals surface area contributed by atoms with Crippen LogP contribution in [0.5, 0.6) is 0 Å². The molecule has 0 aromatic heterocycles. The standard InChI is InChI=1S/C17H18O2/c1-3-7-12-13(8-4-2)16(11-17(18)19)15-10-6-5-9-14(12)15/h3-10,16H,11H2,1-2H3,(H,18,19)/b7-3-,8-4-. The number of hydrogen-bond acceptors (Lipinski definition) is 1. The molecule has 0 saturated carbocycles. The molecule has 1 unspecified atom stereocenters. The van der Waals surface area contributed by atoms with Crippen molar-refractivity contribution in [3.63, 3.8) is 0 Å². The number of carboxylic acids is 1. The molecule has 2 rings (SSSR count). The van der Waals surface area contributed by atoms with Crippen LogP contribution in [0.2, 0.25) is 0 Å². The second kappa shape index (κ2) is 5.70. The van der Waals surface area contributed by atoms with Gasteiger partial charge in [0, 0.05) is 5.92 Å². The van der Waals surface area contributed by atoms with Crippen molar-refractivity contribution in [2.45, 2.75) is 26.2 Å². The molecule has 0 spiro atoms. The summed E-state index contributed by atoms with van der Waals surface area (Å²) in [7, 11) is 0. The second-order valence-corrected chi connectivity index (χ2v) is 4.61. The second-order valence-electron chi connectivity index (χ2n) is 4.61. The zero-order valence-electron chi connectivity index (χ0n) is 11.3. The summed E-state index contributed by atoms with van der Waals surface area (Å²) < 4.78 is 0. The fourth-order valence-corrected chi connectivity index (χ4v) is 2.69. The van der Waals surface area contributed by atoms with Gasteiger partial charge in [0.25, 0.3) is 0 Å². The van der Waals surface area contributed by atoms with Crippen LogP contribution in [-0.4, -0.2) is 11.1 Å². The lowest BCUT2D eigenvalue weighted by Gasteiger charge is -2.11. The van der Waals surface area contributed by atoms with Crippen LogP contribution < -0.4 is 0 Å². The molecule has 0 amide bonds. The first-order valence-corrected chi connectivity index (χ1v) is 6.49. The van der Waals surface area contributed by atoms with Gasteiger partial charge < -0.3 is 5.11 Å². The first-order valence-electron chi connectivity index (χ1n) is 6.49. The highest BCUT2D eigenvalue weighted by molar-refractivity contribution is 5.87. The monoisotopic (exact) mass is 254 g/mol.